The van der Waals surface area contributed by atoms with Gasteiger partial charge < -0.3 is 5.32 Å². The summed E-state index contributed by atoms with van der Waals surface area (Å²) in [5.74, 6) is 0. The van der Waals surface area contributed by atoms with Gasteiger partial charge in [0.25, 0.3) is 0 Å². The number of hydrogen-bond acceptors (Lipinski definition) is 3. The van der Waals surface area contributed by atoms with Gasteiger partial charge in [-0.15, -0.1) is 0 Å². The maximum absolute atomic E-state index is 4.07. The second-order valence-electron chi connectivity index (χ2n) is 5.02. The van der Waals surface area contributed by atoms with Crippen LogP contribution in [0.5, 0.6) is 0 Å². The Bertz CT molecular complexity index is 325. The van der Waals surface area contributed by atoms with Crippen molar-refractivity contribution in [2.24, 2.45) is 0 Å². The molecule has 0 aliphatic heterocycles. The number of nitrogens with one attached hydrogen (secondary N) is 1. The Balaban J connectivity index is 1.96. The smallest absolute Gasteiger partial charge is 0.0271 e. The first-order valence-electron chi connectivity index (χ1n) is 6.57. The predicted molar refractivity (Wildman–Crippen MR) is 70.8 cm³/mol. The zero-order valence-electron chi connectivity index (χ0n) is 10.9. The number of aromatic nitrogens is 1. The summed E-state index contributed by atoms with van der Waals surface area (Å²) in [5.41, 5.74) is 1.35. The van der Waals surface area contributed by atoms with E-state index in [1.165, 1.54) is 31.2 Å². The predicted octanol–water partition coefficient (Wildman–Crippen LogP) is 2.04. The molecule has 2 atom stereocenters. The van der Waals surface area contributed by atoms with Crippen LogP contribution in [0.2, 0.25) is 0 Å². The molecule has 0 radical (unpaired) electrons. The minimum absolute atomic E-state index is 0.649. The molecule has 94 valence electrons. The van der Waals surface area contributed by atoms with Gasteiger partial charge in [-0.3, -0.25) is 9.88 Å². The largest absolute Gasteiger partial charge is 0.315 e. The molecule has 17 heavy (non-hydrogen) atoms. The van der Waals surface area contributed by atoms with Crippen LogP contribution in [0, 0.1) is 0 Å². The lowest BCUT2D eigenvalue weighted by Crippen LogP contribution is -2.49. The Morgan fingerprint density at radius 3 is 2.71 bits per heavy atom. The summed E-state index contributed by atoms with van der Waals surface area (Å²) in [6, 6.07) is 5.53. The van der Waals surface area contributed by atoms with Gasteiger partial charge >= 0.3 is 0 Å². The lowest BCUT2D eigenvalue weighted by Gasteiger charge is -2.38. The second kappa shape index (κ2) is 6.12. The molecule has 1 heterocycles. The Kier molecular flexibility index (Phi) is 4.51. The SMILES string of the molecule is CNC1CCCCC1N(C)Cc1ccncc1. The van der Waals surface area contributed by atoms with E-state index in [4.69, 9.17) is 0 Å². The summed E-state index contributed by atoms with van der Waals surface area (Å²) < 4.78 is 0. The zero-order chi connectivity index (χ0) is 12.1. The van der Waals surface area contributed by atoms with Gasteiger partial charge in [0.05, 0.1) is 0 Å². The Morgan fingerprint density at radius 2 is 2.00 bits per heavy atom. The molecule has 0 amide bonds. The van der Waals surface area contributed by atoms with Crippen LogP contribution in [0.15, 0.2) is 24.5 Å². The van der Waals surface area contributed by atoms with Gasteiger partial charge in [-0.2, -0.15) is 0 Å². The fourth-order valence-electron chi connectivity index (χ4n) is 2.87. The van der Waals surface area contributed by atoms with Crippen molar-refractivity contribution in [2.45, 2.75) is 44.3 Å². The van der Waals surface area contributed by atoms with Gasteiger partial charge in [0, 0.05) is 31.0 Å². The van der Waals surface area contributed by atoms with Crippen LogP contribution < -0.4 is 5.32 Å². The number of nitrogens with zero attached hydrogens (tertiary/aromatic N) is 2. The van der Waals surface area contributed by atoms with Crippen LogP contribution in [0.1, 0.15) is 31.2 Å². The normalized spacial score (nSPS) is 25.1. The van der Waals surface area contributed by atoms with Gasteiger partial charge in [0.1, 0.15) is 0 Å². The molecule has 3 nitrogen and oxygen atoms in total. The molecule has 0 aromatic carbocycles. The topological polar surface area (TPSA) is 28.2 Å². The highest BCUT2D eigenvalue weighted by Gasteiger charge is 2.26. The molecular formula is C14H23N3. The summed E-state index contributed by atoms with van der Waals surface area (Å²) in [5, 5.41) is 3.47. The van der Waals surface area contributed by atoms with Crippen molar-refractivity contribution in [2.75, 3.05) is 14.1 Å². The highest BCUT2D eigenvalue weighted by Crippen LogP contribution is 2.23. The third-order valence-corrected chi connectivity index (χ3v) is 3.85. The maximum Gasteiger partial charge on any atom is 0.0271 e. The quantitative estimate of drug-likeness (QED) is 0.862. The van der Waals surface area contributed by atoms with Gasteiger partial charge in [-0.25, -0.2) is 0 Å². The highest BCUT2D eigenvalue weighted by molar-refractivity contribution is 5.09. The molecule has 1 N–H and O–H groups in total. The number of hydrogen-bond donors (Lipinski definition) is 1. The third-order valence-electron chi connectivity index (χ3n) is 3.85. The molecule has 2 rings (SSSR count). The van der Waals surface area contributed by atoms with Gasteiger partial charge in [-0.1, -0.05) is 12.8 Å². The van der Waals surface area contributed by atoms with E-state index in [9.17, 15) is 0 Å². The third kappa shape index (κ3) is 3.27. The molecule has 1 fully saturated rings. The molecule has 2 unspecified atom stereocenters. The summed E-state index contributed by atoms with van der Waals surface area (Å²) >= 11 is 0. The average molecular weight is 233 g/mol. The summed E-state index contributed by atoms with van der Waals surface area (Å²) in [7, 11) is 4.32. The average Bonchev–Trinajstić information content (AvgIpc) is 2.40. The molecule has 1 aromatic heterocycles. The van der Waals surface area contributed by atoms with E-state index in [0.29, 0.717) is 12.1 Å². The van der Waals surface area contributed by atoms with Crippen molar-refractivity contribution in [1.82, 2.24) is 15.2 Å². The molecule has 0 bridgehead atoms. The second-order valence-corrected chi connectivity index (χ2v) is 5.02. The van der Waals surface area contributed by atoms with Crippen LogP contribution >= 0.6 is 0 Å². The minimum Gasteiger partial charge on any atom is -0.315 e. The maximum atomic E-state index is 4.07. The Morgan fingerprint density at radius 1 is 1.29 bits per heavy atom. The fraction of sp³-hybridized carbons (Fsp3) is 0.643. The lowest BCUT2D eigenvalue weighted by molar-refractivity contribution is 0.147. The van der Waals surface area contributed by atoms with Crippen molar-refractivity contribution in [3.63, 3.8) is 0 Å². The molecular weight excluding hydrogens is 210 g/mol. The van der Waals surface area contributed by atoms with Crippen LogP contribution in [0.25, 0.3) is 0 Å². The van der Waals surface area contributed by atoms with Crippen LogP contribution in [-0.4, -0.2) is 36.1 Å². The van der Waals surface area contributed by atoms with Crippen molar-refractivity contribution >= 4 is 0 Å². The highest BCUT2D eigenvalue weighted by atomic mass is 15.2. The summed E-state index contributed by atoms with van der Waals surface area (Å²) in [6.07, 6.45) is 9.10. The van der Waals surface area contributed by atoms with Crippen molar-refractivity contribution in [3.05, 3.63) is 30.1 Å². The first kappa shape index (κ1) is 12.5. The molecule has 1 aliphatic rings. The zero-order valence-corrected chi connectivity index (χ0v) is 10.9. The van der Waals surface area contributed by atoms with E-state index in [-0.39, 0.29) is 0 Å². The van der Waals surface area contributed by atoms with Crippen molar-refractivity contribution < 1.29 is 0 Å². The van der Waals surface area contributed by atoms with Crippen molar-refractivity contribution in [3.8, 4) is 0 Å². The standard InChI is InChI=1S/C14H23N3/c1-15-13-5-3-4-6-14(13)17(2)11-12-7-9-16-10-8-12/h7-10,13-15H,3-6,11H2,1-2H3. The van der Waals surface area contributed by atoms with E-state index in [1.807, 2.05) is 12.4 Å². The Hall–Kier alpha value is -0.930. The Labute approximate surface area is 104 Å². The number of pyridine rings is 1. The van der Waals surface area contributed by atoms with E-state index in [2.05, 4.69) is 41.4 Å². The fourth-order valence-corrected chi connectivity index (χ4v) is 2.87. The molecule has 3 heteroatoms. The first-order chi connectivity index (χ1) is 8.31. The number of likely N-dealkylation sites (N-methyl/N-ethyl adjacent to an activating group) is 2. The van der Waals surface area contributed by atoms with E-state index >= 15 is 0 Å². The molecule has 0 saturated heterocycles. The van der Waals surface area contributed by atoms with Crippen LogP contribution in [0.4, 0.5) is 0 Å². The monoisotopic (exact) mass is 233 g/mol. The molecule has 1 aliphatic carbocycles. The van der Waals surface area contributed by atoms with E-state index in [1.54, 1.807) is 0 Å². The van der Waals surface area contributed by atoms with Crippen LogP contribution in [0.3, 0.4) is 0 Å². The van der Waals surface area contributed by atoms with Gasteiger partial charge in [-0.05, 0) is 44.6 Å². The number of rotatable bonds is 4. The first-order valence-corrected chi connectivity index (χ1v) is 6.57. The van der Waals surface area contributed by atoms with Crippen LogP contribution in [-0.2, 0) is 6.54 Å². The summed E-state index contributed by atoms with van der Waals surface area (Å²) in [6.45, 7) is 1.02. The van der Waals surface area contributed by atoms with Gasteiger partial charge in [0.15, 0.2) is 0 Å². The van der Waals surface area contributed by atoms with E-state index in [0.717, 1.165) is 6.54 Å². The minimum atomic E-state index is 0.649. The molecule has 1 saturated carbocycles. The molecule has 0 spiro atoms. The van der Waals surface area contributed by atoms with Gasteiger partial charge in [0.2, 0.25) is 0 Å². The summed E-state index contributed by atoms with van der Waals surface area (Å²) in [4.78, 5) is 6.55. The van der Waals surface area contributed by atoms with E-state index < -0.39 is 0 Å². The molecule has 1 aromatic rings. The van der Waals surface area contributed by atoms with Crippen molar-refractivity contribution in [1.29, 1.82) is 0 Å². The lowest BCUT2D eigenvalue weighted by atomic mass is 9.89.